The molecule has 1 unspecified atom stereocenters. The van der Waals surface area contributed by atoms with E-state index in [2.05, 4.69) is 27.3 Å². The molecular formula is C22H23FN6O. The topological polar surface area (TPSA) is 67.5 Å². The van der Waals surface area contributed by atoms with Crippen LogP contribution >= 0.6 is 0 Å². The lowest BCUT2D eigenvalue weighted by Gasteiger charge is -2.16. The van der Waals surface area contributed by atoms with Crippen LogP contribution in [0, 0.1) is 12.7 Å². The molecule has 0 spiro atoms. The maximum Gasteiger partial charge on any atom is 0.255 e. The molecule has 3 aromatic heterocycles. The Labute approximate surface area is 173 Å². The lowest BCUT2D eigenvalue weighted by Crippen LogP contribution is -2.17. The third kappa shape index (κ3) is 3.04. The molecular weight excluding hydrogens is 383 g/mol. The van der Waals surface area contributed by atoms with Crippen molar-refractivity contribution >= 4 is 28.1 Å². The first-order valence-electron chi connectivity index (χ1n) is 10.0. The molecule has 1 aliphatic rings. The fraction of sp³-hybridized carbons (Fsp3) is 0.318. The van der Waals surface area contributed by atoms with Gasteiger partial charge in [0, 0.05) is 36.5 Å². The summed E-state index contributed by atoms with van der Waals surface area (Å²) in [5.41, 5.74) is 3.79. The number of likely N-dealkylation sites (tertiary alicyclic amines) is 1. The van der Waals surface area contributed by atoms with Gasteiger partial charge in [-0.2, -0.15) is 5.10 Å². The number of pyridine rings is 1. The van der Waals surface area contributed by atoms with Gasteiger partial charge in [0.05, 0.1) is 28.6 Å². The number of halogens is 1. The Balaban J connectivity index is 1.45. The number of aryl methyl sites for hydroxylation is 2. The van der Waals surface area contributed by atoms with Crippen molar-refractivity contribution in [2.24, 2.45) is 7.05 Å². The first-order chi connectivity index (χ1) is 14.4. The third-order valence-electron chi connectivity index (χ3n) is 5.97. The van der Waals surface area contributed by atoms with E-state index in [4.69, 9.17) is 0 Å². The number of amides is 1. The van der Waals surface area contributed by atoms with Crippen molar-refractivity contribution in [2.45, 2.75) is 25.8 Å². The molecule has 1 saturated heterocycles. The van der Waals surface area contributed by atoms with E-state index in [9.17, 15) is 9.18 Å². The van der Waals surface area contributed by atoms with Crippen molar-refractivity contribution in [2.75, 3.05) is 18.9 Å². The van der Waals surface area contributed by atoms with Crippen LogP contribution in [0.5, 0.6) is 0 Å². The highest BCUT2D eigenvalue weighted by Gasteiger charge is 2.25. The van der Waals surface area contributed by atoms with Crippen LogP contribution in [0.1, 0.15) is 40.6 Å². The van der Waals surface area contributed by atoms with Gasteiger partial charge in [0.1, 0.15) is 5.65 Å². The number of rotatable bonds is 3. The van der Waals surface area contributed by atoms with E-state index >= 15 is 0 Å². The third-order valence-corrected chi connectivity index (χ3v) is 5.97. The Hall–Kier alpha value is -3.26. The van der Waals surface area contributed by atoms with Crippen molar-refractivity contribution < 1.29 is 9.18 Å². The number of hydrogen-bond acceptors (Lipinski definition) is 4. The molecule has 0 bridgehead atoms. The van der Waals surface area contributed by atoms with Gasteiger partial charge in [0.2, 0.25) is 0 Å². The molecule has 5 rings (SSSR count). The number of nitrogens with zero attached hydrogens (tertiary/aromatic N) is 5. The summed E-state index contributed by atoms with van der Waals surface area (Å²) in [4.78, 5) is 19.6. The summed E-state index contributed by atoms with van der Waals surface area (Å²) < 4.78 is 18.2. The highest BCUT2D eigenvalue weighted by Crippen LogP contribution is 2.30. The van der Waals surface area contributed by atoms with Gasteiger partial charge in [-0.15, -0.1) is 0 Å². The highest BCUT2D eigenvalue weighted by atomic mass is 19.1. The second kappa shape index (κ2) is 6.91. The van der Waals surface area contributed by atoms with Gasteiger partial charge >= 0.3 is 0 Å². The van der Waals surface area contributed by atoms with E-state index in [1.165, 1.54) is 6.07 Å². The van der Waals surface area contributed by atoms with Crippen molar-refractivity contribution in [3.05, 3.63) is 59.4 Å². The maximum absolute atomic E-state index is 14.7. The summed E-state index contributed by atoms with van der Waals surface area (Å²) in [5, 5.41) is 8.06. The van der Waals surface area contributed by atoms with Gasteiger partial charge < -0.3 is 9.72 Å². The predicted molar refractivity (Wildman–Crippen MR) is 113 cm³/mol. The molecule has 1 fully saturated rings. The van der Waals surface area contributed by atoms with Gasteiger partial charge in [-0.25, -0.2) is 9.37 Å². The van der Waals surface area contributed by atoms with Crippen LogP contribution in [0.15, 0.2) is 36.7 Å². The van der Waals surface area contributed by atoms with Crippen molar-refractivity contribution in [1.29, 1.82) is 0 Å². The van der Waals surface area contributed by atoms with Crippen molar-refractivity contribution in [3.8, 4) is 0 Å². The van der Waals surface area contributed by atoms with Crippen LogP contribution in [-0.2, 0) is 7.05 Å². The van der Waals surface area contributed by atoms with Crippen molar-refractivity contribution in [1.82, 2.24) is 24.1 Å². The number of carbonyl (C=O) groups excluding carboxylic acids is 1. The Kier molecular flexibility index (Phi) is 4.32. The van der Waals surface area contributed by atoms with E-state index in [1.54, 1.807) is 27.4 Å². The second-order valence-corrected chi connectivity index (χ2v) is 8.00. The largest absolute Gasteiger partial charge is 0.318 e. The molecule has 4 aromatic rings. The SMILES string of the molecule is Cc1nn(C)c2cc(C(=O)Nc3cn4cc(C5CCCN5C)nc4cc3F)ccc12. The molecule has 1 atom stereocenters. The molecule has 1 N–H and O–H groups in total. The normalized spacial score (nSPS) is 17.3. The van der Waals surface area contributed by atoms with Crippen LogP contribution in [0.4, 0.5) is 10.1 Å². The standard InChI is InChI=1S/C22H23FN6O/c1-13-15-7-6-14(9-20(15)28(3)26-13)22(30)25-17-11-29-12-18(19-5-4-8-27(19)2)24-21(29)10-16(17)23/h6-7,9-12,19H,4-5,8H2,1-3H3,(H,25,30). The number of nitrogens with one attached hydrogen (secondary N) is 1. The molecule has 8 heteroatoms. The predicted octanol–water partition coefficient (Wildman–Crippen LogP) is 3.69. The number of fused-ring (bicyclic) bond motifs is 2. The molecule has 0 radical (unpaired) electrons. The average Bonchev–Trinajstić information content (AvgIpc) is 3.39. The van der Waals surface area contributed by atoms with E-state index in [0.29, 0.717) is 11.2 Å². The fourth-order valence-electron chi connectivity index (χ4n) is 4.34. The molecule has 154 valence electrons. The monoisotopic (exact) mass is 406 g/mol. The molecule has 1 aromatic carbocycles. The van der Waals surface area contributed by atoms with Crippen LogP contribution in [0.25, 0.3) is 16.6 Å². The van der Waals surface area contributed by atoms with Crippen LogP contribution in [0.3, 0.4) is 0 Å². The number of imidazole rings is 1. The molecule has 0 aliphatic carbocycles. The zero-order valence-electron chi connectivity index (χ0n) is 17.2. The zero-order valence-corrected chi connectivity index (χ0v) is 17.2. The Morgan fingerprint density at radius 1 is 1.23 bits per heavy atom. The summed E-state index contributed by atoms with van der Waals surface area (Å²) in [6.45, 7) is 2.96. The van der Waals surface area contributed by atoms with Gasteiger partial charge in [-0.3, -0.25) is 14.4 Å². The first-order valence-corrected chi connectivity index (χ1v) is 10.0. The van der Waals surface area contributed by atoms with Crippen LogP contribution in [-0.4, -0.2) is 43.6 Å². The smallest absolute Gasteiger partial charge is 0.255 e. The lowest BCUT2D eigenvalue weighted by molar-refractivity contribution is 0.102. The summed E-state index contributed by atoms with van der Waals surface area (Å²) in [7, 11) is 3.91. The summed E-state index contributed by atoms with van der Waals surface area (Å²) in [6, 6.07) is 6.98. The number of anilines is 1. The minimum Gasteiger partial charge on any atom is -0.318 e. The minimum absolute atomic E-state index is 0.123. The molecule has 4 heterocycles. The Bertz CT molecular complexity index is 1290. The van der Waals surface area contributed by atoms with Crippen LogP contribution in [0.2, 0.25) is 0 Å². The van der Waals surface area contributed by atoms with Gasteiger partial charge in [-0.05, 0) is 45.5 Å². The van der Waals surface area contributed by atoms with E-state index in [-0.39, 0.29) is 17.6 Å². The Morgan fingerprint density at radius 2 is 2.07 bits per heavy atom. The summed E-state index contributed by atoms with van der Waals surface area (Å²) >= 11 is 0. The second-order valence-electron chi connectivity index (χ2n) is 8.00. The highest BCUT2D eigenvalue weighted by molar-refractivity contribution is 6.06. The van der Waals surface area contributed by atoms with Gasteiger partial charge in [-0.1, -0.05) is 6.07 Å². The van der Waals surface area contributed by atoms with E-state index in [1.807, 2.05) is 26.2 Å². The molecule has 1 aliphatic heterocycles. The number of benzene rings is 1. The average molecular weight is 406 g/mol. The summed E-state index contributed by atoms with van der Waals surface area (Å²) in [6.07, 6.45) is 5.68. The lowest BCUT2D eigenvalue weighted by atomic mass is 10.1. The number of hydrogen-bond donors (Lipinski definition) is 1. The number of aromatic nitrogens is 4. The quantitative estimate of drug-likeness (QED) is 0.564. The number of carbonyl (C=O) groups is 1. The van der Waals surface area contributed by atoms with Crippen molar-refractivity contribution in [3.63, 3.8) is 0 Å². The molecule has 1 amide bonds. The molecule has 0 saturated carbocycles. The van der Waals surface area contributed by atoms with Crippen LogP contribution < -0.4 is 5.32 Å². The zero-order chi connectivity index (χ0) is 21.0. The molecule has 7 nitrogen and oxygen atoms in total. The Morgan fingerprint density at radius 3 is 2.83 bits per heavy atom. The van der Waals surface area contributed by atoms with E-state index < -0.39 is 5.82 Å². The fourth-order valence-corrected chi connectivity index (χ4v) is 4.34. The molecule has 30 heavy (non-hydrogen) atoms. The van der Waals surface area contributed by atoms with Gasteiger partial charge in [0.15, 0.2) is 5.82 Å². The van der Waals surface area contributed by atoms with E-state index in [0.717, 1.165) is 41.7 Å². The summed E-state index contributed by atoms with van der Waals surface area (Å²) in [5.74, 6) is -0.880. The minimum atomic E-state index is -0.509. The maximum atomic E-state index is 14.7. The van der Waals surface area contributed by atoms with Gasteiger partial charge in [0.25, 0.3) is 5.91 Å². The first kappa shape index (κ1) is 18.7.